The molecule has 5 amide bonds. The first-order chi connectivity index (χ1) is 45.2. The van der Waals surface area contributed by atoms with E-state index in [1.807, 2.05) is 59.0 Å². The number of hydrogen-bond donors (Lipinski definition) is 7. The summed E-state index contributed by atoms with van der Waals surface area (Å²) < 4.78 is 38.3. The second-order valence-electron chi connectivity index (χ2n) is 25.0. The summed E-state index contributed by atoms with van der Waals surface area (Å²) in [5.74, 6) is -2.88. The van der Waals surface area contributed by atoms with Gasteiger partial charge in [0.15, 0.2) is 16.9 Å². The number of imide groups is 1. The van der Waals surface area contributed by atoms with Gasteiger partial charge in [-0.1, -0.05) is 35.6 Å². The van der Waals surface area contributed by atoms with Crippen LogP contribution in [0.3, 0.4) is 0 Å². The van der Waals surface area contributed by atoms with Crippen molar-refractivity contribution in [1.82, 2.24) is 34.9 Å². The highest BCUT2D eigenvalue weighted by Gasteiger charge is 2.59. The van der Waals surface area contributed by atoms with Gasteiger partial charge in [0, 0.05) is 98.9 Å². The second kappa shape index (κ2) is 27.6. The summed E-state index contributed by atoms with van der Waals surface area (Å²) in [6.07, 6.45) is 0.289. The third kappa shape index (κ3) is 14.1. The fraction of sp³-hybridized carbons (Fsp3) is 0.455. The number of rotatable bonds is 26. The van der Waals surface area contributed by atoms with E-state index >= 15 is 0 Å². The number of aliphatic carboxylic acids is 1. The second-order valence-corrected chi connectivity index (χ2v) is 26.1. The molecule has 0 spiro atoms. The zero-order valence-electron chi connectivity index (χ0n) is 51.7. The Kier molecular flexibility index (Phi) is 19.1. The number of aliphatic hydroxyl groups excluding tert-OH is 3. The van der Waals surface area contributed by atoms with Gasteiger partial charge < -0.3 is 69.1 Å². The van der Waals surface area contributed by atoms with E-state index in [4.69, 9.17) is 38.5 Å². The molecule has 4 saturated carbocycles. The number of carbonyl (C=O) groups excluding carboxylic acids is 5. The van der Waals surface area contributed by atoms with Gasteiger partial charge in [-0.05, 0) is 123 Å². The molecule has 13 rings (SSSR count). The zero-order valence-corrected chi connectivity index (χ0v) is 52.5. The number of aromatic carboxylic acids is 1. The number of pyridine rings is 1. The number of carbonyl (C=O) groups is 7. The molecule has 3 aromatic heterocycles. The number of amides is 5. The van der Waals surface area contributed by atoms with Crippen LogP contribution in [0.25, 0.3) is 21.3 Å². The molecule has 7 N–H and O–H groups in total. The average Bonchev–Trinajstić information content (AvgIpc) is 0.750. The van der Waals surface area contributed by atoms with Crippen LogP contribution in [-0.2, 0) is 64.2 Å². The van der Waals surface area contributed by atoms with E-state index < -0.39 is 72.1 Å². The monoisotopic (exact) mass is 1310 g/mol. The lowest BCUT2D eigenvalue weighted by molar-refractivity contribution is -0.271. The van der Waals surface area contributed by atoms with Crippen LogP contribution in [0.1, 0.15) is 88.2 Å². The molecule has 3 aliphatic heterocycles. The van der Waals surface area contributed by atoms with Gasteiger partial charge in [0.2, 0.25) is 12.2 Å². The minimum absolute atomic E-state index is 0.000707. The number of nitrogens with zero attached hydrogens (tertiary/aromatic N) is 7. The maximum absolute atomic E-state index is 13.8. The molecule has 2 unspecified atom stereocenters. The average molecular weight is 1310 g/mol. The molecule has 7 aliphatic rings. The molecular weight excluding hydrogens is 1240 g/mol. The molecule has 4 bridgehead atoms. The summed E-state index contributed by atoms with van der Waals surface area (Å²) in [4.78, 5) is 102. The van der Waals surface area contributed by atoms with E-state index in [0.717, 1.165) is 82.6 Å². The van der Waals surface area contributed by atoms with Gasteiger partial charge >= 0.3 is 18.0 Å². The normalized spacial score (nSPS) is 24.3. The van der Waals surface area contributed by atoms with Crippen LogP contribution in [-0.4, -0.2) is 193 Å². The Balaban J connectivity index is 0.649. The van der Waals surface area contributed by atoms with E-state index in [9.17, 15) is 59.1 Å². The number of ether oxygens (including phenoxy) is 6. The predicted octanol–water partition coefficient (Wildman–Crippen LogP) is 5.10. The SMILES string of the molecule is Cc1c(-c2ccc(N3CCc4cccc(C(=O)Nc5nc6ccccc6s5)c4C3)nc2C(=O)O)cnn1CC12CC3CC(C1)CC(OCCN(C)C(=O)OCc1ccc(O[C@@H]4O[C@H](C(=O)O)[C@@H](O)[C@H](O)[C@H]4O)cc1OCCOCCNC(=O)CCN1C(=O)C=CC1=O)(C3)C2. The Bertz CT molecular complexity index is 3860. The molecule has 7 atom stereocenters. The Morgan fingerprint density at radius 3 is 2.41 bits per heavy atom. The van der Waals surface area contributed by atoms with Crippen LogP contribution in [0.2, 0.25) is 0 Å². The smallest absolute Gasteiger partial charge is 0.409 e. The number of carboxylic acid groups (broad SMARTS) is 2. The maximum atomic E-state index is 13.8. The van der Waals surface area contributed by atoms with Crippen molar-refractivity contribution < 1.29 is 87.5 Å². The summed E-state index contributed by atoms with van der Waals surface area (Å²) in [6.45, 7) is 3.79. The number of nitrogens with one attached hydrogen (secondary N) is 2. The van der Waals surface area contributed by atoms with Gasteiger partial charge in [-0.25, -0.2) is 24.4 Å². The van der Waals surface area contributed by atoms with Crippen molar-refractivity contribution in [2.45, 2.75) is 114 Å². The van der Waals surface area contributed by atoms with Crippen LogP contribution in [0, 0.1) is 24.2 Å². The van der Waals surface area contributed by atoms with Crippen molar-refractivity contribution in [2.75, 3.05) is 69.9 Å². The lowest BCUT2D eigenvalue weighted by atomic mass is 9.48. The lowest BCUT2D eigenvalue weighted by Crippen LogP contribution is -2.61. The molecule has 4 aliphatic carbocycles. The van der Waals surface area contributed by atoms with Gasteiger partial charge in [0.05, 0.1) is 41.8 Å². The van der Waals surface area contributed by atoms with E-state index in [1.165, 1.54) is 34.4 Å². The number of likely N-dealkylation sites (N-methyl/N-ethyl adjacent to an activating group) is 1. The summed E-state index contributed by atoms with van der Waals surface area (Å²) in [5, 5.41) is 62.5. The first-order valence-electron chi connectivity index (χ1n) is 31.3. The fourth-order valence-corrected chi connectivity index (χ4v) is 15.3. The van der Waals surface area contributed by atoms with E-state index in [-0.39, 0.29) is 87.6 Å². The highest BCUT2D eigenvalue weighted by Crippen LogP contribution is 2.63. The van der Waals surface area contributed by atoms with Crippen molar-refractivity contribution in [3.63, 3.8) is 0 Å². The van der Waals surface area contributed by atoms with Gasteiger partial charge in [-0.3, -0.25) is 34.1 Å². The number of benzene rings is 3. The fourth-order valence-electron chi connectivity index (χ4n) is 14.4. The molecule has 496 valence electrons. The molecule has 3 aromatic carbocycles. The topological polar surface area (TPSA) is 353 Å². The van der Waals surface area contributed by atoms with Crippen LogP contribution in [0.15, 0.2) is 91.1 Å². The molecule has 1 saturated heterocycles. The molecule has 0 radical (unpaired) electrons. The number of aromatic nitrogens is 4. The minimum Gasteiger partial charge on any atom is -0.491 e. The highest BCUT2D eigenvalue weighted by atomic mass is 32.1. The zero-order chi connectivity index (χ0) is 66.0. The number of anilines is 2. The molecule has 5 fully saturated rings. The molecule has 6 aromatic rings. The summed E-state index contributed by atoms with van der Waals surface area (Å²) in [5.41, 5.74) is 4.91. The van der Waals surface area contributed by atoms with E-state index in [2.05, 4.69) is 15.6 Å². The maximum Gasteiger partial charge on any atom is 0.409 e. The molecule has 28 heteroatoms. The van der Waals surface area contributed by atoms with Crippen LogP contribution >= 0.6 is 11.3 Å². The van der Waals surface area contributed by atoms with E-state index in [0.29, 0.717) is 71.1 Å². The number of thiazole rings is 1. The van der Waals surface area contributed by atoms with Crippen LogP contribution < -0.4 is 25.0 Å². The number of carboxylic acids is 2. The van der Waals surface area contributed by atoms with Gasteiger partial charge in [-0.2, -0.15) is 5.10 Å². The molecular formula is C66H73N9O18S. The Hall–Kier alpha value is -8.90. The molecule has 94 heavy (non-hydrogen) atoms. The van der Waals surface area contributed by atoms with Crippen LogP contribution in [0.4, 0.5) is 15.7 Å². The third-order valence-electron chi connectivity index (χ3n) is 18.6. The Morgan fingerprint density at radius 2 is 1.65 bits per heavy atom. The van der Waals surface area contributed by atoms with Crippen molar-refractivity contribution in [3.8, 4) is 22.6 Å². The largest absolute Gasteiger partial charge is 0.491 e. The van der Waals surface area contributed by atoms with Crippen molar-refractivity contribution >= 4 is 74.2 Å². The predicted molar refractivity (Wildman–Crippen MR) is 336 cm³/mol. The van der Waals surface area contributed by atoms with Gasteiger partial charge in [0.25, 0.3) is 17.7 Å². The summed E-state index contributed by atoms with van der Waals surface area (Å²) in [7, 11) is 1.60. The quantitative estimate of drug-likeness (QED) is 0.0274. The van der Waals surface area contributed by atoms with Crippen molar-refractivity contribution in [2.24, 2.45) is 17.3 Å². The number of para-hydroxylation sites is 1. The first kappa shape index (κ1) is 65.2. The third-order valence-corrected chi connectivity index (χ3v) is 19.5. The van der Waals surface area contributed by atoms with E-state index in [1.54, 1.807) is 25.4 Å². The lowest BCUT2D eigenvalue weighted by Gasteiger charge is -2.61. The van der Waals surface area contributed by atoms with Gasteiger partial charge in [-0.15, -0.1) is 0 Å². The Labute approximate surface area is 543 Å². The van der Waals surface area contributed by atoms with Crippen LogP contribution in [0.5, 0.6) is 11.5 Å². The first-order valence-corrected chi connectivity index (χ1v) is 32.1. The molecule has 27 nitrogen and oxygen atoms in total. The number of hydrogen-bond acceptors (Lipinski definition) is 21. The van der Waals surface area contributed by atoms with Crippen molar-refractivity contribution in [1.29, 1.82) is 0 Å². The number of fused-ring (bicyclic) bond motifs is 2. The number of aliphatic hydroxyl groups is 3. The summed E-state index contributed by atoms with van der Waals surface area (Å²) >= 11 is 1.41. The Morgan fingerprint density at radius 1 is 0.862 bits per heavy atom. The molecule has 6 heterocycles. The standard InChI is InChI=1S/C66H73N9O18S/c1-37-45(43-12-13-50(70-54(43)60(83)84)73-19-16-40-6-5-7-44(46(40)33-73)59(82)71-63-69-47-8-3-4-9-49(47)94-63)32-68-75(37)36-65-28-38-26-39(29-65)31-66(30-38,35-65)91-23-21-72(2)64(87)90-34-41-10-11-42(92-62-57(81)55(79)56(80)58(93-62)61(85)86)27-48(41)89-25-24-88-22-18-67-51(76)17-20-74-52(77)14-15-53(74)78/h3-15,27,32,38-39,55-58,62,79-81H,16-26,28-31,33-36H2,1-2H3,(H,67,76)(H,83,84)(H,85,86)(H,69,71,82)/t38?,39?,55-,56-,57+,58-,62+,65?,66?/m0/s1. The van der Waals surface area contributed by atoms with Crippen molar-refractivity contribution in [3.05, 3.63) is 125 Å². The highest BCUT2D eigenvalue weighted by molar-refractivity contribution is 7.22. The minimum atomic E-state index is -1.94. The van der Waals surface area contributed by atoms with Gasteiger partial charge in [0.1, 0.15) is 48.8 Å². The summed E-state index contributed by atoms with van der Waals surface area (Å²) in [6, 6.07) is 21.4.